The molecule has 0 spiro atoms. The second kappa shape index (κ2) is 10.3. The molecule has 42 heavy (non-hydrogen) atoms. The van der Waals surface area contributed by atoms with Crippen molar-refractivity contribution < 1.29 is 22.0 Å². The van der Waals surface area contributed by atoms with Crippen LogP contribution < -0.4 is 9.62 Å². The Kier molecular flexibility index (Phi) is 6.75. The molecule has 0 atom stereocenters. The van der Waals surface area contributed by atoms with E-state index in [1.54, 1.807) is 30.6 Å². The first-order valence-corrected chi connectivity index (χ1v) is 15.0. The number of carbonyl (C=O) groups excluding carboxylic acids is 1. The second-order valence-electron chi connectivity index (χ2n) is 9.78. The standard InChI is InChI=1S/C31H24ClFN4O4S/c1-34-31(38)29-24-15-23(19-6-13-25-27(14-19)37(17-35-25)22-11-7-20(32)8-12-22)26(36(2)42(3,39)40)16-28(24)41-30(29)18-4-9-21(33)10-5-18/h4-17H,1-3H3,(H,34,38). The number of imidazole rings is 1. The van der Waals surface area contributed by atoms with E-state index >= 15 is 0 Å². The monoisotopic (exact) mass is 602 g/mol. The number of fused-ring (bicyclic) bond motifs is 2. The van der Waals surface area contributed by atoms with Gasteiger partial charge in [0.15, 0.2) is 0 Å². The highest BCUT2D eigenvalue weighted by Crippen LogP contribution is 2.42. The molecule has 0 aliphatic rings. The summed E-state index contributed by atoms with van der Waals surface area (Å²) in [6, 6.07) is 21.9. The number of hydrogen-bond donors (Lipinski definition) is 1. The molecule has 0 bridgehead atoms. The molecule has 212 valence electrons. The number of rotatable bonds is 6. The third-order valence-corrected chi connectivity index (χ3v) is 8.61. The van der Waals surface area contributed by atoms with E-state index in [1.807, 2.05) is 34.9 Å². The number of furan rings is 1. The van der Waals surface area contributed by atoms with E-state index in [-0.39, 0.29) is 11.3 Å². The first-order chi connectivity index (χ1) is 20.0. The van der Waals surface area contributed by atoms with Crippen molar-refractivity contribution in [2.45, 2.75) is 0 Å². The molecular formula is C31H24ClFN4O4S. The SMILES string of the molecule is CNC(=O)c1c(-c2ccc(F)cc2)oc2cc(N(C)S(C)(=O)=O)c(-c3ccc4ncn(-c5ccc(Cl)cc5)c4c3)cc12. The summed E-state index contributed by atoms with van der Waals surface area (Å²) in [6.07, 6.45) is 2.82. The topological polar surface area (TPSA) is 97.4 Å². The molecule has 0 saturated heterocycles. The molecule has 6 rings (SSSR count). The number of sulfonamides is 1. The van der Waals surface area contributed by atoms with Crippen molar-refractivity contribution in [3.8, 4) is 28.1 Å². The van der Waals surface area contributed by atoms with Gasteiger partial charge in [0.05, 0.1) is 28.5 Å². The van der Waals surface area contributed by atoms with Gasteiger partial charge >= 0.3 is 0 Å². The number of anilines is 1. The number of benzene rings is 4. The number of carbonyl (C=O) groups is 1. The van der Waals surface area contributed by atoms with Gasteiger partial charge in [0.1, 0.15) is 23.5 Å². The van der Waals surface area contributed by atoms with Crippen molar-refractivity contribution in [2.24, 2.45) is 0 Å². The third kappa shape index (κ3) is 4.78. The Balaban J connectivity index is 1.63. The van der Waals surface area contributed by atoms with Crippen molar-refractivity contribution in [3.05, 3.63) is 102 Å². The second-order valence-corrected chi connectivity index (χ2v) is 12.2. The predicted octanol–water partition coefficient (Wildman–Crippen LogP) is 6.65. The van der Waals surface area contributed by atoms with E-state index in [0.29, 0.717) is 38.4 Å². The fourth-order valence-corrected chi connectivity index (χ4v) is 5.57. The normalized spacial score (nSPS) is 11.7. The van der Waals surface area contributed by atoms with Crippen LogP contribution in [-0.2, 0) is 10.0 Å². The van der Waals surface area contributed by atoms with E-state index < -0.39 is 21.7 Å². The lowest BCUT2D eigenvalue weighted by Crippen LogP contribution is -2.25. The van der Waals surface area contributed by atoms with Gasteiger partial charge in [0.2, 0.25) is 10.0 Å². The lowest BCUT2D eigenvalue weighted by atomic mass is 9.98. The molecule has 0 aliphatic carbocycles. The average molecular weight is 603 g/mol. The zero-order valence-corrected chi connectivity index (χ0v) is 24.3. The van der Waals surface area contributed by atoms with Gasteiger partial charge in [-0.25, -0.2) is 17.8 Å². The number of aromatic nitrogens is 2. The number of amides is 1. The highest BCUT2D eigenvalue weighted by molar-refractivity contribution is 7.92. The molecule has 0 unspecified atom stereocenters. The van der Waals surface area contributed by atoms with Crippen LogP contribution in [0, 0.1) is 5.82 Å². The highest BCUT2D eigenvalue weighted by Gasteiger charge is 2.26. The summed E-state index contributed by atoms with van der Waals surface area (Å²) in [5.74, 6) is -0.589. The van der Waals surface area contributed by atoms with Gasteiger partial charge < -0.3 is 9.73 Å². The van der Waals surface area contributed by atoms with Gasteiger partial charge in [0, 0.05) is 47.4 Å². The summed E-state index contributed by atoms with van der Waals surface area (Å²) >= 11 is 6.09. The van der Waals surface area contributed by atoms with Gasteiger partial charge in [-0.15, -0.1) is 0 Å². The largest absolute Gasteiger partial charge is 0.455 e. The van der Waals surface area contributed by atoms with Crippen molar-refractivity contribution in [3.63, 3.8) is 0 Å². The Bertz CT molecular complexity index is 2100. The van der Waals surface area contributed by atoms with Crippen molar-refractivity contribution in [1.82, 2.24) is 14.9 Å². The molecule has 0 radical (unpaired) electrons. The maximum atomic E-state index is 13.7. The van der Waals surface area contributed by atoms with Gasteiger partial charge in [-0.2, -0.15) is 0 Å². The quantitative estimate of drug-likeness (QED) is 0.230. The van der Waals surface area contributed by atoms with Gasteiger partial charge in [0.25, 0.3) is 5.91 Å². The lowest BCUT2D eigenvalue weighted by Gasteiger charge is -2.21. The Morgan fingerprint density at radius 3 is 2.36 bits per heavy atom. The van der Waals surface area contributed by atoms with Crippen LogP contribution in [0.1, 0.15) is 10.4 Å². The zero-order valence-electron chi connectivity index (χ0n) is 22.7. The molecule has 11 heteroatoms. The maximum absolute atomic E-state index is 13.7. The predicted molar refractivity (Wildman–Crippen MR) is 163 cm³/mol. The summed E-state index contributed by atoms with van der Waals surface area (Å²) in [5, 5.41) is 3.73. The lowest BCUT2D eigenvalue weighted by molar-refractivity contribution is 0.0964. The summed E-state index contributed by atoms with van der Waals surface area (Å²) in [4.78, 5) is 17.7. The molecule has 4 aromatic carbocycles. The minimum absolute atomic E-state index is 0.241. The fraction of sp³-hybridized carbons (Fsp3) is 0.0968. The van der Waals surface area contributed by atoms with E-state index in [1.165, 1.54) is 42.7 Å². The first kappa shape index (κ1) is 27.5. The van der Waals surface area contributed by atoms with E-state index in [2.05, 4.69) is 10.3 Å². The Morgan fingerprint density at radius 2 is 1.69 bits per heavy atom. The van der Waals surface area contributed by atoms with E-state index in [4.69, 9.17) is 16.0 Å². The number of nitrogens with zero attached hydrogens (tertiary/aromatic N) is 3. The van der Waals surface area contributed by atoms with Gasteiger partial charge in [-0.1, -0.05) is 17.7 Å². The van der Waals surface area contributed by atoms with Crippen molar-refractivity contribution in [1.29, 1.82) is 0 Å². The van der Waals surface area contributed by atoms with Crippen LogP contribution >= 0.6 is 11.6 Å². The molecule has 8 nitrogen and oxygen atoms in total. The summed E-state index contributed by atoms with van der Waals surface area (Å²) in [5.41, 5.74) is 5.02. The van der Waals surface area contributed by atoms with E-state index in [0.717, 1.165) is 23.0 Å². The molecular weight excluding hydrogens is 579 g/mol. The van der Waals surface area contributed by atoms with Gasteiger partial charge in [-0.05, 0) is 72.3 Å². The molecule has 6 aromatic rings. The van der Waals surface area contributed by atoms with Crippen molar-refractivity contribution >= 4 is 55.2 Å². The Labute approximate surface area is 246 Å². The van der Waals surface area contributed by atoms with Crippen LogP contribution in [0.2, 0.25) is 5.02 Å². The minimum atomic E-state index is -3.68. The Hall–Kier alpha value is -4.67. The molecule has 1 amide bonds. The highest BCUT2D eigenvalue weighted by atomic mass is 35.5. The minimum Gasteiger partial charge on any atom is -0.455 e. The number of hydrogen-bond acceptors (Lipinski definition) is 5. The van der Waals surface area contributed by atoms with E-state index in [9.17, 15) is 17.6 Å². The van der Waals surface area contributed by atoms with Crippen LogP contribution in [0.5, 0.6) is 0 Å². The van der Waals surface area contributed by atoms with Crippen LogP contribution in [0.15, 0.2) is 89.6 Å². The average Bonchev–Trinajstić information content (AvgIpc) is 3.57. The van der Waals surface area contributed by atoms with Crippen LogP contribution in [0.25, 0.3) is 50.1 Å². The zero-order chi connectivity index (χ0) is 29.8. The fourth-order valence-electron chi connectivity index (χ4n) is 4.94. The third-order valence-electron chi connectivity index (χ3n) is 7.17. The number of nitrogens with one attached hydrogen (secondary N) is 1. The number of halogens is 2. The van der Waals surface area contributed by atoms with Crippen LogP contribution in [0.4, 0.5) is 10.1 Å². The molecule has 1 N–H and O–H groups in total. The van der Waals surface area contributed by atoms with Crippen molar-refractivity contribution in [2.75, 3.05) is 24.7 Å². The van der Waals surface area contributed by atoms with Gasteiger partial charge in [-0.3, -0.25) is 13.7 Å². The molecule has 2 aromatic heterocycles. The molecule has 0 aliphatic heterocycles. The maximum Gasteiger partial charge on any atom is 0.255 e. The van der Waals surface area contributed by atoms with Crippen LogP contribution in [0.3, 0.4) is 0 Å². The smallest absolute Gasteiger partial charge is 0.255 e. The first-order valence-electron chi connectivity index (χ1n) is 12.8. The summed E-state index contributed by atoms with van der Waals surface area (Å²) in [6.45, 7) is 0. The molecule has 0 fully saturated rings. The Morgan fingerprint density at radius 1 is 1.00 bits per heavy atom. The summed E-state index contributed by atoms with van der Waals surface area (Å²) < 4.78 is 48.4. The molecule has 2 heterocycles. The summed E-state index contributed by atoms with van der Waals surface area (Å²) in [7, 11) is -0.716. The van der Waals surface area contributed by atoms with Crippen LogP contribution in [-0.4, -0.2) is 44.2 Å². The molecule has 0 saturated carbocycles.